The van der Waals surface area contributed by atoms with E-state index in [0.717, 1.165) is 0 Å². The van der Waals surface area contributed by atoms with E-state index < -0.39 is 47.5 Å². The maximum Gasteiger partial charge on any atom is 0.433 e. The molecule has 0 spiro atoms. The summed E-state index contributed by atoms with van der Waals surface area (Å²) in [7, 11) is 0. The minimum absolute atomic E-state index is 0.254. The molecule has 1 rings (SSSR count). The van der Waals surface area contributed by atoms with Gasteiger partial charge in [-0.25, -0.2) is 13.8 Å². The number of pyridine rings is 1. The third-order valence-electron chi connectivity index (χ3n) is 2.10. The fourth-order valence-electron chi connectivity index (χ4n) is 1.35. The second-order valence-electron chi connectivity index (χ2n) is 3.40. The fourth-order valence-corrected chi connectivity index (χ4v) is 1.35. The van der Waals surface area contributed by atoms with Gasteiger partial charge in [-0.15, -0.1) is 0 Å². The predicted octanol–water partition coefficient (Wildman–Crippen LogP) is 2.54. The maximum atomic E-state index is 12.6. The first-order valence-corrected chi connectivity index (χ1v) is 4.68. The van der Waals surface area contributed by atoms with E-state index in [-0.39, 0.29) is 6.07 Å². The number of nitrogens with zero attached hydrogens (tertiary/aromatic N) is 2. The van der Waals surface area contributed by atoms with Crippen LogP contribution >= 0.6 is 0 Å². The van der Waals surface area contributed by atoms with Crippen molar-refractivity contribution < 1.29 is 31.9 Å². The molecule has 1 N–H and O–H groups in total. The normalized spacial score (nSPS) is 11.4. The van der Waals surface area contributed by atoms with Crippen LogP contribution in [0.5, 0.6) is 0 Å². The van der Waals surface area contributed by atoms with Crippen molar-refractivity contribution in [3.8, 4) is 6.07 Å². The number of halogens is 5. The van der Waals surface area contributed by atoms with Gasteiger partial charge in [-0.1, -0.05) is 0 Å². The van der Waals surface area contributed by atoms with Crippen LogP contribution in [0.15, 0.2) is 6.07 Å². The number of rotatable bonds is 3. The number of alkyl halides is 5. The molecule has 0 aliphatic rings. The summed E-state index contributed by atoms with van der Waals surface area (Å²) in [6.45, 7) is 0. The van der Waals surface area contributed by atoms with Gasteiger partial charge in [0, 0.05) is 5.56 Å². The van der Waals surface area contributed by atoms with Crippen molar-refractivity contribution in [3.05, 3.63) is 28.6 Å². The molecule has 0 radical (unpaired) electrons. The second-order valence-corrected chi connectivity index (χ2v) is 3.40. The van der Waals surface area contributed by atoms with Gasteiger partial charge in [-0.3, -0.25) is 4.79 Å². The number of carboxylic acids is 1. The quantitative estimate of drug-likeness (QED) is 0.863. The van der Waals surface area contributed by atoms with Crippen LogP contribution in [0.1, 0.15) is 28.9 Å². The second kappa shape index (κ2) is 5.17. The Balaban J connectivity index is 3.55. The van der Waals surface area contributed by atoms with Gasteiger partial charge in [0.2, 0.25) is 0 Å². The van der Waals surface area contributed by atoms with Crippen LogP contribution in [-0.4, -0.2) is 16.1 Å². The van der Waals surface area contributed by atoms with E-state index in [9.17, 15) is 26.7 Å². The number of aliphatic carboxylic acids is 1. The van der Waals surface area contributed by atoms with Crippen LogP contribution in [0.25, 0.3) is 0 Å². The summed E-state index contributed by atoms with van der Waals surface area (Å²) in [5, 5.41) is 17.2. The topological polar surface area (TPSA) is 74.0 Å². The average molecular weight is 280 g/mol. The van der Waals surface area contributed by atoms with E-state index in [1.807, 2.05) is 0 Å². The standard InChI is InChI=1S/C10H5F5N2O2/c11-9(12)8-5(2-7(18)19)4(3-16)1-6(17-8)10(13,14)15/h1,9H,2H2,(H,18,19). The highest BCUT2D eigenvalue weighted by Crippen LogP contribution is 2.32. The molecule has 0 aliphatic carbocycles. The van der Waals surface area contributed by atoms with Crippen molar-refractivity contribution in [1.29, 1.82) is 5.26 Å². The molecule has 0 saturated carbocycles. The van der Waals surface area contributed by atoms with Gasteiger partial charge in [0.05, 0.1) is 18.1 Å². The molecule has 0 amide bonds. The molecule has 0 fully saturated rings. The van der Waals surface area contributed by atoms with E-state index in [1.165, 1.54) is 6.07 Å². The lowest BCUT2D eigenvalue weighted by Gasteiger charge is -2.12. The van der Waals surface area contributed by atoms with Crippen molar-refractivity contribution >= 4 is 5.97 Å². The minimum Gasteiger partial charge on any atom is -0.481 e. The molecule has 0 aromatic carbocycles. The van der Waals surface area contributed by atoms with Gasteiger partial charge in [0.15, 0.2) is 0 Å². The van der Waals surface area contributed by atoms with Gasteiger partial charge in [0.1, 0.15) is 11.4 Å². The Kier molecular flexibility index (Phi) is 4.04. The van der Waals surface area contributed by atoms with Gasteiger partial charge in [-0.2, -0.15) is 18.4 Å². The summed E-state index contributed by atoms with van der Waals surface area (Å²) >= 11 is 0. The summed E-state index contributed by atoms with van der Waals surface area (Å²) < 4.78 is 62.5. The van der Waals surface area contributed by atoms with Crippen LogP contribution in [0.2, 0.25) is 0 Å². The fraction of sp³-hybridized carbons (Fsp3) is 0.300. The average Bonchev–Trinajstić information content (AvgIpc) is 2.26. The van der Waals surface area contributed by atoms with Crippen molar-refractivity contribution in [1.82, 2.24) is 4.98 Å². The minimum atomic E-state index is -5.00. The lowest BCUT2D eigenvalue weighted by molar-refractivity contribution is -0.141. The molecule has 102 valence electrons. The Morgan fingerprint density at radius 1 is 1.47 bits per heavy atom. The summed E-state index contributed by atoms with van der Waals surface area (Å²) in [5.74, 6) is -1.56. The highest BCUT2D eigenvalue weighted by atomic mass is 19.4. The Morgan fingerprint density at radius 2 is 2.05 bits per heavy atom. The van der Waals surface area contributed by atoms with Crippen molar-refractivity contribution in [2.24, 2.45) is 0 Å². The van der Waals surface area contributed by atoms with Crippen molar-refractivity contribution in [2.45, 2.75) is 19.0 Å². The van der Waals surface area contributed by atoms with Gasteiger partial charge in [-0.05, 0) is 6.07 Å². The van der Waals surface area contributed by atoms with E-state index in [1.54, 1.807) is 0 Å². The first-order valence-electron chi connectivity index (χ1n) is 4.68. The first-order chi connectivity index (χ1) is 8.66. The smallest absolute Gasteiger partial charge is 0.433 e. The molecule has 9 heteroatoms. The van der Waals surface area contributed by atoms with Crippen LogP contribution in [0.3, 0.4) is 0 Å². The first kappa shape index (κ1) is 14.8. The Labute approximate surface area is 103 Å². The number of hydrogen-bond acceptors (Lipinski definition) is 3. The molecular formula is C10H5F5N2O2. The SMILES string of the molecule is N#Cc1cc(C(F)(F)F)nc(C(F)F)c1CC(=O)O. The van der Waals surface area contributed by atoms with Crippen LogP contribution in [0, 0.1) is 11.3 Å². The molecular weight excluding hydrogens is 275 g/mol. The molecule has 1 aromatic rings. The van der Waals surface area contributed by atoms with Gasteiger partial charge < -0.3 is 5.11 Å². The van der Waals surface area contributed by atoms with Crippen LogP contribution < -0.4 is 0 Å². The van der Waals surface area contributed by atoms with Crippen molar-refractivity contribution in [3.63, 3.8) is 0 Å². The Bertz CT molecular complexity index is 548. The zero-order valence-electron chi connectivity index (χ0n) is 9.00. The molecule has 0 aliphatic heterocycles. The number of aromatic nitrogens is 1. The predicted molar refractivity (Wildman–Crippen MR) is 50.3 cm³/mol. The summed E-state index contributed by atoms with van der Waals surface area (Å²) in [6, 6.07) is 1.53. The zero-order chi connectivity index (χ0) is 14.8. The van der Waals surface area contributed by atoms with Crippen LogP contribution in [-0.2, 0) is 17.4 Å². The highest BCUT2D eigenvalue weighted by Gasteiger charge is 2.35. The van der Waals surface area contributed by atoms with E-state index >= 15 is 0 Å². The van der Waals surface area contributed by atoms with E-state index in [4.69, 9.17) is 10.4 Å². The summed E-state index contributed by atoms with van der Waals surface area (Å²) in [4.78, 5) is 13.2. The lowest BCUT2D eigenvalue weighted by Crippen LogP contribution is -2.15. The summed E-state index contributed by atoms with van der Waals surface area (Å²) in [5.41, 5.74) is -4.49. The number of nitriles is 1. The van der Waals surface area contributed by atoms with Crippen LogP contribution in [0.4, 0.5) is 22.0 Å². The molecule has 1 heterocycles. The van der Waals surface area contributed by atoms with E-state index in [2.05, 4.69) is 4.98 Å². The largest absolute Gasteiger partial charge is 0.481 e. The van der Waals surface area contributed by atoms with Crippen molar-refractivity contribution in [2.75, 3.05) is 0 Å². The molecule has 0 saturated heterocycles. The molecule has 0 unspecified atom stereocenters. The number of carboxylic acid groups (broad SMARTS) is 1. The molecule has 0 atom stereocenters. The third-order valence-corrected chi connectivity index (χ3v) is 2.10. The maximum absolute atomic E-state index is 12.6. The van der Waals surface area contributed by atoms with Gasteiger partial charge >= 0.3 is 12.1 Å². The third kappa shape index (κ3) is 3.37. The highest BCUT2D eigenvalue weighted by molar-refractivity contribution is 5.72. The number of hydrogen-bond donors (Lipinski definition) is 1. The molecule has 4 nitrogen and oxygen atoms in total. The Morgan fingerprint density at radius 3 is 2.42 bits per heavy atom. The monoisotopic (exact) mass is 280 g/mol. The van der Waals surface area contributed by atoms with Gasteiger partial charge in [0.25, 0.3) is 6.43 Å². The number of carbonyl (C=O) groups is 1. The molecule has 0 bridgehead atoms. The lowest BCUT2D eigenvalue weighted by atomic mass is 10.0. The Hall–Kier alpha value is -2.24. The zero-order valence-corrected chi connectivity index (χ0v) is 9.00. The molecule has 1 aromatic heterocycles. The summed E-state index contributed by atoms with van der Waals surface area (Å²) in [6.07, 6.45) is -9.42. The molecule has 19 heavy (non-hydrogen) atoms. The van der Waals surface area contributed by atoms with E-state index in [0.29, 0.717) is 0 Å².